The topological polar surface area (TPSA) is 69.1 Å². The third-order valence-electron chi connectivity index (χ3n) is 7.04. The molecule has 1 saturated carbocycles. The third kappa shape index (κ3) is 3.25. The number of hydrogen-bond acceptors (Lipinski definition) is 3. The number of rotatable bonds is 5. The zero-order valence-electron chi connectivity index (χ0n) is 19.0. The number of nitrogens with two attached hydrogens (primary N) is 1. The molecule has 0 spiro atoms. The van der Waals surface area contributed by atoms with Crippen molar-refractivity contribution >= 4 is 27.8 Å². The van der Waals surface area contributed by atoms with Crippen LogP contribution in [0.25, 0.3) is 33.5 Å². The molecule has 1 aliphatic heterocycles. The summed E-state index contributed by atoms with van der Waals surface area (Å²) in [7, 11) is 1.93. The van der Waals surface area contributed by atoms with Crippen molar-refractivity contribution in [1.82, 2.24) is 19.0 Å². The standard InChI is InChI=1S/C26H28FN5O/c1-15(28)13-31-10-9-17-11-22-20(12-19(17)26(31)33)29-25(30(22)2)24-23(27)18-5-3-4-6-21(18)32(24)14-16-7-8-16/h3-6,11-12,15-16H,7-10,13-14,28H2,1-2H3. The monoisotopic (exact) mass is 445 g/mol. The molecule has 2 N–H and O–H groups in total. The van der Waals surface area contributed by atoms with Crippen molar-refractivity contribution < 1.29 is 9.18 Å². The molecule has 0 bridgehead atoms. The molecule has 0 saturated heterocycles. The Morgan fingerprint density at radius 3 is 2.76 bits per heavy atom. The van der Waals surface area contributed by atoms with E-state index in [9.17, 15) is 4.79 Å². The summed E-state index contributed by atoms with van der Waals surface area (Å²) < 4.78 is 19.8. The number of carbonyl (C=O) groups excluding carboxylic acids is 1. The van der Waals surface area contributed by atoms with Crippen molar-refractivity contribution in [1.29, 1.82) is 0 Å². The lowest BCUT2D eigenvalue weighted by atomic mass is 9.97. The Labute approximate surface area is 191 Å². The van der Waals surface area contributed by atoms with Gasteiger partial charge in [0.05, 0.1) is 16.6 Å². The molecule has 170 valence electrons. The van der Waals surface area contributed by atoms with Crippen LogP contribution in [0.4, 0.5) is 4.39 Å². The lowest BCUT2D eigenvalue weighted by Gasteiger charge is -2.29. The second-order valence-electron chi connectivity index (χ2n) is 9.70. The molecule has 7 heteroatoms. The highest BCUT2D eigenvalue weighted by Gasteiger charge is 2.30. The van der Waals surface area contributed by atoms with E-state index in [1.807, 2.05) is 59.8 Å². The minimum absolute atomic E-state index is 0.00307. The first-order chi connectivity index (χ1) is 15.9. The molecule has 4 aromatic rings. The Kier molecular flexibility index (Phi) is 4.59. The summed E-state index contributed by atoms with van der Waals surface area (Å²) in [6.07, 6.45) is 3.15. The van der Waals surface area contributed by atoms with Gasteiger partial charge < -0.3 is 19.8 Å². The predicted octanol–water partition coefficient (Wildman–Crippen LogP) is 4.09. The molecule has 2 aromatic heterocycles. The Hall–Kier alpha value is -3.19. The van der Waals surface area contributed by atoms with Crippen molar-refractivity contribution in [3.63, 3.8) is 0 Å². The molecule has 2 aromatic carbocycles. The number of para-hydroxylation sites is 1. The summed E-state index contributed by atoms with van der Waals surface area (Å²) in [5, 5.41) is 0.626. The highest BCUT2D eigenvalue weighted by Crippen LogP contribution is 2.38. The quantitative estimate of drug-likeness (QED) is 0.503. The minimum Gasteiger partial charge on any atom is -0.337 e. The maximum atomic E-state index is 15.7. The molecule has 1 amide bonds. The van der Waals surface area contributed by atoms with E-state index in [4.69, 9.17) is 10.7 Å². The fourth-order valence-corrected chi connectivity index (χ4v) is 5.18. The number of imidazole rings is 1. The molecule has 2 aliphatic rings. The first-order valence-electron chi connectivity index (χ1n) is 11.7. The second-order valence-corrected chi connectivity index (χ2v) is 9.70. The van der Waals surface area contributed by atoms with Crippen LogP contribution in [0, 0.1) is 11.7 Å². The average Bonchev–Trinajstić information content (AvgIpc) is 3.51. The number of nitrogens with zero attached hydrogens (tertiary/aromatic N) is 4. The number of fused-ring (bicyclic) bond motifs is 3. The smallest absolute Gasteiger partial charge is 0.254 e. The first-order valence-corrected chi connectivity index (χ1v) is 11.7. The number of hydrogen-bond donors (Lipinski definition) is 1. The summed E-state index contributed by atoms with van der Waals surface area (Å²) in [5.41, 5.74) is 10.7. The molecular weight excluding hydrogens is 417 g/mol. The summed E-state index contributed by atoms with van der Waals surface area (Å²) in [5.74, 6) is 0.960. The van der Waals surface area contributed by atoms with Crippen molar-refractivity contribution in [2.45, 2.75) is 38.8 Å². The van der Waals surface area contributed by atoms with Crippen LogP contribution >= 0.6 is 0 Å². The van der Waals surface area contributed by atoms with Crippen LogP contribution in [0.5, 0.6) is 0 Å². The van der Waals surface area contributed by atoms with Crippen molar-refractivity contribution in [3.8, 4) is 11.5 Å². The summed E-state index contributed by atoms with van der Waals surface area (Å²) in [4.78, 5) is 19.8. The van der Waals surface area contributed by atoms with E-state index >= 15 is 4.39 Å². The highest BCUT2D eigenvalue weighted by molar-refractivity contribution is 6.00. The van der Waals surface area contributed by atoms with E-state index in [0.29, 0.717) is 47.0 Å². The number of carbonyl (C=O) groups is 1. The SMILES string of the molecule is CC(N)CN1CCc2cc3c(cc2C1=O)nc(-c1c(F)c2ccccc2n1CC1CC1)n3C. The fourth-order valence-electron chi connectivity index (χ4n) is 5.18. The van der Waals surface area contributed by atoms with Gasteiger partial charge in [0.15, 0.2) is 11.6 Å². The van der Waals surface area contributed by atoms with Crippen molar-refractivity contribution in [2.75, 3.05) is 13.1 Å². The minimum atomic E-state index is -0.228. The lowest BCUT2D eigenvalue weighted by Crippen LogP contribution is -2.43. The predicted molar refractivity (Wildman–Crippen MR) is 128 cm³/mol. The van der Waals surface area contributed by atoms with E-state index in [2.05, 4.69) is 4.57 Å². The zero-order valence-corrected chi connectivity index (χ0v) is 19.0. The second kappa shape index (κ2) is 7.42. The van der Waals surface area contributed by atoms with Crippen LogP contribution in [0.15, 0.2) is 36.4 Å². The maximum Gasteiger partial charge on any atom is 0.254 e. The Balaban J connectivity index is 1.51. The van der Waals surface area contributed by atoms with E-state index in [-0.39, 0.29) is 17.8 Å². The van der Waals surface area contributed by atoms with E-state index in [1.54, 1.807) is 0 Å². The van der Waals surface area contributed by atoms with E-state index in [0.717, 1.165) is 29.6 Å². The number of aromatic nitrogens is 3. The number of amides is 1. The Morgan fingerprint density at radius 2 is 2.00 bits per heavy atom. The summed E-state index contributed by atoms with van der Waals surface area (Å²) in [6.45, 7) is 3.90. The molecular formula is C26H28FN5O. The van der Waals surface area contributed by atoms with Crippen LogP contribution < -0.4 is 5.73 Å². The van der Waals surface area contributed by atoms with Gasteiger partial charge in [-0.25, -0.2) is 9.37 Å². The van der Waals surface area contributed by atoms with Gasteiger partial charge >= 0.3 is 0 Å². The third-order valence-corrected chi connectivity index (χ3v) is 7.04. The average molecular weight is 446 g/mol. The maximum absolute atomic E-state index is 15.7. The normalized spacial score (nSPS) is 17.2. The van der Waals surface area contributed by atoms with Gasteiger partial charge in [0.1, 0.15) is 5.69 Å². The molecule has 1 aliphatic carbocycles. The van der Waals surface area contributed by atoms with Gasteiger partial charge in [-0.1, -0.05) is 12.1 Å². The van der Waals surface area contributed by atoms with Gasteiger partial charge in [0, 0.05) is 43.7 Å². The molecule has 1 fully saturated rings. The summed E-state index contributed by atoms with van der Waals surface area (Å²) in [6, 6.07) is 11.5. The molecule has 0 radical (unpaired) electrons. The van der Waals surface area contributed by atoms with Crippen LogP contribution in [-0.4, -0.2) is 44.1 Å². The van der Waals surface area contributed by atoms with E-state index < -0.39 is 0 Å². The molecule has 1 unspecified atom stereocenters. The van der Waals surface area contributed by atoms with Gasteiger partial charge in [-0.3, -0.25) is 4.79 Å². The van der Waals surface area contributed by atoms with Gasteiger partial charge in [0.2, 0.25) is 0 Å². The van der Waals surface area contributed by atoms with Crippen molar-refractivity contribution in [2.24, 2.45) is 18.7 Å². The molecule has 6 nitrogen and oxygen atoms in total. The molecule has 33 heavy (non-hydrogen) atoms. The van der Waals surface area contributed by atoms with Crippen LogP contribution in [-0.2, 0) is 20.0 Å². The van der Waals surface area contributed by atoms with Crippen molar-refractivity contribution in [3.05, 3.63) is 53.3 Å². The van der Waals surface area contributed by atoms with Crippen LogP contribution in [0.2, 0.25) is 0 Å². The van der Waals surface area contributed by atoms with Gasteiger partial charge in [-0.15, -0.1) is 0 Å². The fraction of sp³-hybridized carbons (Fsp3) is 0.385. The largest absolute Gasteiger partial charge is 0.337 e. The number of aryl methyl sites for hydroxylation is 1. The summed E-state index contributed by atoms with van der Waals surface area (Å²) >= 11 is 0. The first kappa shape index (κ1) is 20.4. The highest BCUT2D eigenvalue weighted by atomic mass is 19.1. The zero-order chi connectivity index (χ0) is 22.9. The molecule has 6 rings (SSSR count). The van der Waals surface area contributed by atoms with Gasteiger partial charge in [-0.05, 0) is 61.9 Å². The number of benzene rings is 2. The van der Waals surface area contributed by atoms with Crippen LogP contribution in [0.3, 0.4) is 0 Å². The van der Waals surface area contributed by atoms with Gasteiger partial charge in [0.25, 0.3) is 5.91 Å². The Bertz CT molecular complexity index is 1410. The Morgan fingerprint density at radius 1 is 1.21 bits per heavy atom. The van der Waals surface area contributed by atoms with E-state index in [1.165, 1.54) is 12.8 Å². The molecule has 3 heterocycles. The number of halogens is 1. The molecule has 1 atom stereocenters. The lowest BCUT2D eigenvalue weighted by molar-refractivity contribution is 0.0732. The van der Waals surface area contributed by atoms with Crippen LogP contribution in [0.1, 0.15) is 35.7 Å². The van der Waals surface area contributed by atoms with Gasteiger partial charge in [-0.2, -0.15) is 0 Å².